The normalized spacial score (nSPS) is 15.0. The number of nitrogens with two attached hydrogens (primary N) is 1. The maximum atomic E-state index is 12.4. The number of rotatable bonds is 10. The predicted molar refractivity (Wildman–Crippen MR) is 95.2 cm³/mol. The summed E-state index contributed by atoms with van der Waals surface area (Å²) in [6.07, 6.45) is -2.19. The summed E-state index contributed by atoms with van der Waals surface area (Å²) in [5.41, 5.74) is 5.95. The SMILES string of the molecule is C[C@@H](O)[C@H](N)C(=O)N[C@H](CC(=O)O)C(=O)N[C@@H](Cc1ccc(O)cc1)C(=O)O. The van der Waals surface area contributed by atoms with Gasteiger partial charge in [-0.3, -0.25) is 14.4 Å². The van der Waals surface area contributed by atoms with Crippen LogP contribution >= 0.6 is 0 Å². The van der Waals surface area contributed by atoms with Crippen molar-refractivity contribution in [2.75, 3.05) is 0 Å². The Labute approximate surface area is 160 Å². The van der Waals surface area contributed by atoms with Gasteiger partial charge in [-0.1, -0.05) is 12.1 Å². The number of nitrogens with one attached hydrogen (secondary N) is 2. The minimum absolute atomic E-state index is 0.0154. The number of carboxylic acids is 2. The molecule has 0 aliphatic heterocycles. The Morgan fingerprint density at radius 1 is 1.00 bits per heavy atom. The summed E-state index contributed by atoms with van der Waals surface area (Å²) < 4.78 is 0. The van der Waals surface area contributed by atoms with Gasteiger partial charge in [-0.2, -0.15) is 0 Å². The molecule has 0 aliphatic rings. The summed E-state index contributed by atoms with van der Waals surface area (Å²) in [7, 11) is 0. The van der Waals surface area contributed by atoms with Gasteiger partial charge >= 0.3 is 11.9 Å². The number of phenols is 1. The van der Waals surface area contributed by atoms with Crippen molar-refractivity contribution in [1.29, 1.82) is 0 Å². The Balaban J connectivity index is 2.89. The first-order valence-electron chi connectivity index (χ1n) is 8.28. The smallest absolute Gasteiger partial charge is 0.326 e. The quantitative estimate of drug-likeness (QED) is 0.237. The van der Waals surface area contributed by atoms with Gasteiger partial charge in [0.25, 0.3) is 0 Å². The molecule has 154 valence electrons. The van der Waals surface area contributed by atoms with E-state index in [1.165, 1.54) is 31.2 Å². The summed E-state index contributed by atoms with van der Waals surface area (Å²) in [4.78, 5) is 46.7. The molecule has 0 aliphatic carbocycles. The van der Waals surface area contributed by atoms with Gasteiger partial charge in [-0.15, -0.1) is 0 Å². The van der Waals surface area contributed by atoms with Crippen LogP contribution < -0.4 is 16.4 Å². The first-order chi connectivity index (χ1) is 13.0. The number of hydrogen-bond acceptors (Lipinski definition) is 7. The van der Waals surface area contributed by atoms with E-state index in [2.05, 4.69) is 10.6 Å². The standard InChI is InChI=1S/C17H23N3O8/c1-8(21)14(18)16(26)19-11(7-13(23)24)15(25)20-12(17(27)28)6-9-2-4-10(22)5-3-9/h2-5,8,11-12,14,21-22H,6-7,18H2,1H3,(H,19,26)(H,20,25)(H,23,24)(H,27,28)/t8-,11-,12+,14+/m1/s1. The number of aliphatic hydroxyl groups is 1. The predicted octanol–water partition coefficient (Wildman–Crippen LogP) is -1.83. The van der Waals surface area contributed by atoms with Crippen molar-refractivity contribution < 1.29 is 39.6 Å². The van der Waals surface area contributed by atoms with Gasteiger partial charge in [0.2, 0.25) is 11.8 Å². The van der Waals surface area contributed by atoms with E-state index in [1.807, 2.05) is 0 Å². The monoisotopic (exact) mass is 397 g/mol. The molecule has 0 unspecified atom stereocenters. The Morgan fingerprint density at radius 2 is 1.54 bits per heavy atom. The molecule has 4 atom stereocenters. The minimum atomic E-state index is -1.59. The van der Waals surface area contributed by atoms with Crippen molar-refractivity contribution in [2.45, 2.75) is 44.0 Å². The van der Waals surface area contributed by atoms with Crippen LogP contribution in [0.15, 0.2) is 24.3 Å². The lowest BCUT2D eigenvalue weighted by atomic mass is 10.0. The highest BCUT2D eigenvalue weighted by Gasteiger charge is 2.30. The zero-order valence-electron chi connectivity index (χ0n) is 15.0. The van der Waals surface area contributed by atoms with E-state index in [9.17, 15) is 34.5 Å². The van der Waals surface area contributed by atoms with Gasteiger partial charge in [0.05, 0.1) is 12.5 Å². The van der Waals surface area contributed by atoms with Crippen LogP contribution in [0.25, 0.3) is 0 Å². The van der Waals surface area contributed by atoms with Crippen LogP contribution in [0.3, 0.4) is 0 Å². The average Bonchev–Trinajstić information content (AvgIpc) is 2.60. The molecule has 0 heterocycles. The third kappa shape index (κ3) is 7.21. The van der Waals surface area contributed by atoms with Gasteiger partial charge in [-0.25, -0.2) is 4.79 Å². The van der Waals surface area contributed by atoms with Crippen molar-refractivity contribution in [2.24, 2.45) is 5.73 Å². The number of aromatic hydroxyl groups is 1. The number of carbonyl (C=O) groups excluding carboxylic acids is 2. The molecule has 1 rings (SSSR count). The maximum Gasteiger partial charge on any atom is 0.326 e. The molecule has 0 saturated heterocycles. The second-order valence-corrected chi connectivity index (χ2v) is 6.20. The molecule has 0 fully saturated rings. The Hall–Kier alpha value is -3.18. The molecule has 2 amide bonds. The summed E-state index contributed by atoms with van der Waals surface area (Å²) >= 11 is 0. The van der Waals surface area contributed by atoms with Gasteiger partial charge in [0.1, 0.15) is 23.9 Å². The van der Waals surface area contributed by atoms with Crippen molar-refractivity contribution in [3.63, 3.8) is 0 Å². The zero-order valence-corrected chi connectivity index (χ0v) is 15.0. The van der Waals surface area contributed by atoms with Crippen LogP contribution in [0.1, 0.15) is 18.9 Å². The molecule has 0 radical (unpaired) electrons. The first-order valence-corrected chi connectivity index (χ1v) is 8.28. The van der Waals surface area contributed by atoms with E-state index in [1.54, 1.807) is 0 Å². The molecule has 1 aromatic rings. The summed E-state index contributed by atoms with van der Waals surface area (Å²) in [5, 5.41) is 41.1. The molecule has 28 heavy (non-hydrogen) atoms. The molecule has 11 heteroatoms. The van der Waals surface area contributed by atoms with Crippen molar-refractivity contribution in [1.82, 2.24) is 10.6 Å². The van der Waals surface area contributed by atoms with Gasteiger partial charge in [0, 0.05) is 6.42 Å². The Kier molecular flexibility index (Phi) is 8.35. The van der Waals surface area contributed by atoms with Crippen molar-refractivity contribution >= 4 is 23.8 Å². The van der Waals surface area contributed by atoms with E-state index < -0.39 is 54.4 Å². The van der Waals surface area contributed by atoms with Gasteiger partial charge in [-0.05, 0) is 24.6 Å². The highest BCUT2D eigenvalue weighted by molar-refractivity contribution is 5.94. The maximum absolute atomic E-state index is 12.4. The fraction of sp³-hybridized carbons (Fsp3) is 0.412. The van der Waals surface area contributed by atoms with E-state index >= 15 is 0 Å². The molecular weight excluding hydrogens is 374 g/mol. The lowest BCUT2D eigenvalue weighted by Gasteiger charge is -2.22. The second-order valence-electron chi connectivity index (χ2n) is 6.20. The minimum Gasteiger partial charge on any atom is -0.508 e. The number of hydrogen-bond donors (Lipinski definition) is 7. The average molecular weight is 397 g/mol. The largest absolute Gasteiger partial charge is 0.508 e. The Morgan fingerprint density at radius 3 is 2.00 bits per heavy atom. The number of benzene rings is 1. The van der Waals surface area contributed by atoms with E-state index in [4.69, 9.17) is 10.8 Å². The number of carbonyl (C=O) groups is 4. The number of amides is 2. The zero-order chi connectivity index (χ0) is 21.4. The number of aliphatic carboxylic acids is 2. The first kappa shape index (κ1) is 22.9. The lowest BCUT2D eigenvalue weighted by molar-refractivity contribution is -0.143. The van der Waals surface area contributed by atoms with Gasteiger partial charge in [0.15, 0.2) is 0 Å². The highest BCUT2D eigenvalue weighted by atomic mass is 16.4. The van der Waals surface area contributed by atoms with Crippen LogP contribution in [-0.2, 0) is 25.6 Å². The van der Waals surface area contributed by atoms with Gasteiger partial charge < -0.3 is 36.8 Å². The van der Waals surface area contributed by atoms with Crippen molar-refractivity contribution in [3.05, 3.63) is 29.8 Å². The van der Waals surface area contributed by atoms with E-state index in [0.29, 0.717) is 5.56 Å². The summed E-state index contributed by atoms with van der Waals surface area (Å²) in [5.74, 6) is -4.78. The van der Waals surface area contributed by atoms with Crippen LogP contribution in [0.5, 0.6) is 5.75 Å². The highest BCUT2D eigenvalue weighted by Crippen LogP contribution is 2.11. The third-order valence-corrected chi connectivity index (χ3v) is 3.82. The van der Waals surface area contributed by atoms with E-state index in [0.717, 1.165) is 0 Å². The summed E-state index contributed by atoms with van der Waals surface area (Å²) in [6, 6.07) is 1.25. The second kappa shape index (κ2) is 10.2. The number of phenolic OH excluding ortho intramolecular Hbond substituents is 1. The third-order valence-electron chi connectivity index (χ3n) is 3.82. The van der Waals surface area contributed by atoms with Crippen LogP contribution in [-0.4, -0.2) is 68.4 Å². The van der Waals surface area contributed by atoms with Crippen LogP contribution in [0, 0.1) is 0 Å². The lowest BCUT2D eigenvalue weighted by Crippen LogP contribution is -2.57. The molecule has 0 spiro atoms. The number of aliphatic hydroxyl groups excluding tert-OH is 1. The fourth-order valence-corrected chi connectivity index (χ4v) is 2.21. The molecule has 1 aromatic carbocycles. The molecule has 0 aromatic heterocycles. The van der Waals surface area contributed by atoms with Crippen LogP contribution in [0.2, 0.25) is 0 Å². The van der Waals surface area contributed by atoms with Crippen molar-refractivity contribution in [3.8, 4) is 5.75 Å². The molecule has 11 nitrogen and oxygen atoms in total. The number of carboxylic acid groups (broad SMARTS) is 2. The molecule has 8 N–H and O–H groups in total. The Bertz CT molecular complexity index is 720. The molecule has 0 saturated carbocycles. The molecular formula is C17H23N3O8. The fourth-order valence-electron chi connectivity index (χ4n) is 2.21. The summed E-state index contributed by atoms with van der Waals surface area (Å²) in [6.45, 7) is 1.24. The van der Waals surface area contributed by atoms with E-state index in [-0.39, 0.29) is 12.2 Å². The van der Waals surface area contributed by atoms with Crippen LogP contribution in [0.4, 0.5) is 0 Å². The molecule has 0 bridgehead atoms. The topological polar surface area (TPSA) is 199 Å².